The molecule has 0 saturated carbocycles. The van der Waals surface area contributed by atoms with Gasteiger partial charge in [0.05, 0.1) is 23.1 Å². The Morgan fingerprint density at radius 1 is 1.44 bits per heavy atom. The molecule has 3 nitrogen and oxygen atoms in total. The van der Waals surface area contributed by atoms with Crippen molar-refractivity contribution >= 4 is 11.3 Å². The van der Waals surface area contributed by atoms with Gasteiger partial charge in [-0.05, 0) is 17.5 Å². The minimum atomic E-state index is -0.0903. The number of rotatable bonds is 2. The zero-order valence-corrected chi connectivity index (χ0v) is 9.62. The lowest BCUT2D eigenvalue weighted by Gasteiger charge is -2.07. The van der Waals surface area contributed by atoms with Crippen molar-refractivity contribution < 1.29 is 0 Å². The van der Waals surface area contributed by atoms with Crippen LogP contribution in [0, 0.1) is 11.3 Å². The lowest BCUT2D eigenvalue weighted by molar-refractivity contribution is 0.854. The number of thiophene rings is 1. The maximum Gasteiger partial charge on any atom is 0.255 e. The van der Waals surface area contributed by atoms with Crippen molar-refractivity contribution in [1.29, 1.82) is 5.26 Å². The Bertz CT molecular complexity index is 590. The van der Waals surface area contributed by atoms with E-state index in [9.17, 15) is 4.79 Å². The number of nitrogens with zero attached hydrogens (tertiary/aromatic N) is 2. The van der Waals surface area contributed by atoms with E-state index in [0.717, 1.165) is 10.6 Å². The van der Waals surface area contributed by atoms with E-state index < -0.39 is 0 Å². The third-order valence-electron chi connectivity index (χ3n) is 2.43. The molecule has 0 spiro atoms. The number of nitriles is 1. The summed E-state index contributed by atoms with van der Waals surface area (Å²) in [7, 11) is 1.73. The van der Waals surface area contributed by atoms with Gasteiger partial charge in [0, 0.05) is 12.6 Å². The summed E-state index contributed by atoms with van der Waals surface area (Å²) < 4.78 is 1.60. The number of hydrogen-bond acceptors (Lipinski definition) is 3. The first-order valence-electron chi connectivity index (χ1n) is 4.84. The van der Waals surface area contributed by atoms with Gasteiger partial charge in [-0.15, -0.1) is 11.3 Å². The minimum absolute atomic E-state index is 0.0903. The van der Waals surface area contributed by atoms with Crippen molar-refractivity contribution in [2.45, 2.75) is 6.42 Å². The predicted octanol–water partition coefficient (Wildman–Crippen LogP) is 2.18. The van der Waals surface area contributed by atoms with Gasteiger partial charge in [-0.1, -0.05) is 12.1 Å². The van der Waals surface area contributed by atoms with Crippen molar-refractivity contribution in [2.24, 2.45) is 7.05 Å². The second-order valence-electron chi connectivity index (χ2n) is 3.42. The van der Waals surface area contributed by atoms with Crippen LogP contribution in [0.4, 0.5) is 0 Å². The van der Waals surface area contributed by atoms with Gasteiger partial charge < -0.3 is 4.57 Å². The molecule has 0 fully saturated rings. The van der Waals surface area contributed by atoms with Crippen LogP contribution >= 0.6 is 11.3 Å². The van der Waals surface area contributed by atoms with E-state index >= 15 is 0 Å². The molecule has 0 aliphatic heterocycles. The van der Waals surface area contributed by atoms with E-state index in [-0.39, 0.29) is 12.0 Å². The van der Waals surface area contributed by atoms with E-state index in [1.807, 2.05) is 29.6 Å². The SMILES string of the molecule is Cn1c(-c2cccs2)ccc(CC#N)c1=O. The van der Waals surface area contributed by atoms with Crippen LogP contribution in [0.5, 0.6) is 0 Å². The van der Waals surface area contributed by atoms with Crippen LogP contribution < -0.4 is 5.56 Å². The zero-order chi connectivity index (χ0) is 11.5. The van der Waals surface area contributed by atoms with Crippen LogP contribution in [-0.4, -0.2) is 4.57 Å². The van der Waals surface area contributed by atoms with Gasteiger partial charge in [0.15, 0.2) is 0 Å². The molecule has 16 heavy (non-hydrogen) atoms. The Labute approximate surface area is 97.2 Å². The molecule has 2 aromatic heterocycles. The molecule has 80 valence electrons. The summed E-state index contributed by atoms with van der Waals surface area (Å²) in [5, 5.41) is 10.6. The van der Waals surface area contributed by atoms with Crippen molar-refractivity contribution in [3.63, 3.8) is 0 Å². The van der Waals surface area contributed by atoms with Gasteiger partial charge in [0.1, 0.15) is 0 Å². The van der Waals surface area contributed by atoms with Crippen molar-refractivity contribution in [1.82, 2.24) is 4.57 Å². The summed E-state index contributed by atoms with van der Waals surface area (Å²) in [5.41, 5.74) is 1.35. The van der Waals surface area contributed by atoms with Gasteiger partial charge in [-0.3, -0.25) is 4.79 Å². The highest BCUT2D eigenvalue weighted by molar-refractivity contribution is 7.13. The highest BCUT2D eigenvalue weighted by Crippen LogP contribution is 2.22. The molecule has 0 N–H and O–H groups in total. The monoisotopic (exact) mass is 230 g/mol. The second kappa shape index (κ2) is 4.33. The summed E-state index contributed by atoms with van der Waals surface area (Å²) >= 11 is 1.59. The summed E-state index contributed by atoms with van der Waals surface area (Å²) in [6.45, 7) is 0. The van der Waals surface area contributed by atoms with Crippen LogP contribution in [0.25, 0.3) is 10.6 Å². The molecule has 0 aromatic carbocycles. The Morgan fingerprint density at radius 3 is 2.88 bits per heavy atom. The second-order valence-corrected chi connectivity index (χ2v) is 4.37. The molecule has 0 bridgehead atoms. The molecule has 2 aromatic rings. The fourth-order valence-electron chi connectivity index (χ4n) is 1.58. The fraction of sp³-hybridized carbons (Fsp3) is 0.167. The topological polar surface area (TPSA) is 45.8 Å². The van der Waals surface area contributed by atoms with Gasteiger partial charge in [-0.25, -0.2) is 0 Å². The van der Waals surface area contributed by atoms with Crippen LogP contribution in [0.1, 0.15) is 5.56 Å². The summed E-state index contributed by atoms with van der Waals surface area (Å²) in [6.07, 6.45) is 0.164. The summed E-state index contributed by atoms with van der Waals surface area (Å²) in [6, 6.07) is 9.55. The van der Waals surface area contributed by atoms with Crippen LogP contribution in [0.3, 0.4) is 0 Å². The Hall–Kier alpha value is -1.86. The highest BCUT2D eigenvalue weighted by atomic mass is 32.1. The first kappa shape index (κ1) is 10.7. The average molecular weight is 230 g/mol. The van der Waals surface area contributed by atoms with Gasteiger partial charge in [0.2, 0.25) is 0 Å². The maximum atomic E-state index is 11.9. The van der Waals surface area contributed by atoms with E-state index in [1.165, 1.54) is 0 Å². The molecule has 0 saturated heterocycles. The van der Waals surface area contributed by atoms with Crippen LogP contribution in [-0.2, 0) is 13.5 Å². The minimum Gasteiger partial charge on any atom is -0.310 e. The van der Waals surface area contributed by atoms with Gasteiger partial charge in [0.25, 0.3) is 5.56 Å². The van der Waals surface area contributed by atoms with Crippen LogP contribution in [0.2, 0.25) is 0 Å². The van der Waals surface area contributed by atoms with E-state index in [1.54, 1.807) is 29.0 Å². The molecule has 0 amide bonds. The van der Waals surface area contributed by atoms with Gasteiger partial charge in [-0.2, -0.15) is 5.26 Å². The fourth-order valence-corrected chi connectivity index (χ4v) is 2.37. The molecular formula is C12H10N2OS. The van der Waals surface area contributed by atoms with E-state index in [2.05, 4.69) is 0 Å². The van der Waals surface area contributed by atoms with Crippen molar-refractivity contribution in [2.75, 3.05) is 0 Å². The first-order chi connectivity index (χ1) is 7.74. The molecule has 0 aliphatic rings. The zero-order valence-electron chi connectivity index (χ0n) is 8.80. The third-order valence-corrected chi connectivity index (χ3v) is 3.32. The molecule has 0 aliphatic carbocycles. The van der Waals surface area contributed by atoms with Gasteiger partial charge >= 0.3 is 0 Å². The number of aromatic nitrogens is 1. The lowest BCUT2D eigenvalue weighted by Crippen LogP contribution is -2.21. The molecule has 4 heteroatoms. The molecule has 0 unspecified atom stereocenters. The molecule has 2 heterocycles. The van der Waals surface area contributed by atoms with E-state index in [4.69, 9.17) is 5.26 Å². The third kappa shape index (κ3) is 1.77. The average Bonchev–Trinajstić information content (AvgIpc) is 2.79. The number of hydrogen-bond donors (Lipinski definition) is 0. The standard InChI is InChI=1S/C12H10N2OS/c1-14-10(11-3-2-8-16-11)5-4-9(6-7-13)12(14)15/h2-5,8H,6H2,1H3. The summed E-state index contributed by atoms with van der Waals surface area (Å²) in [4.78, 5) is 12.9. The molecule has 0 atom stereocenters. The van der Waals surface area contributed by atoms with Crippen LogP contribution in [0.15, 0.2) is 34.4 Å². The molecule has 0 radical (unpaired) electrons. The maximum absolute atomic E-state index is 11.9. The van der Waals surface area contributed by atoms with Crippen molar-refractivity contribution in [3.05, 3.63) is 45.6 Å². The van der Waals surface area contributed by atoms with E-state index in [0.29, 0.717) is 5.56 Å². The summed E-state index contributed by atoms with van der Waals surface area (Å²) in [5.74, 6) is 0. The van der Waals surface area contributed by atoms with Crippen molar-refractivity contribution in [3.8, 4) is 16.6 Å². The predicted molar refractivity (Wildman–Crippen MR) is 64.3 cm³/mol. The Kier molecular flexibility index (Phi) is 2.88. The molecular weight excluding hydrogens is 220 g/mol. The molecule has 2 rings (SSSR count). The Morgan fingerprint density at radius 2 is 2.25 bits per heavy atom. The smallest absolute Gasteiger partial charge is 0.255 e. The quantitative estimate of drug-likeness (QED) is 0.793. The normalized spacial score (nSPS) is 10.0. The highest BCUT2D eigenvalue weighted by Gasteiger charge is 2.07. The first-order valence-corrected chi connectivity index (χ1v) is 5.71. The Balaban J connectivity index is 2.57. The largest absolute Gasteiger partial charge is 0.310 e. The number of pyridine rings is 1. The lowest BCUT2D eigenvalue weighted by atomic mass is 10.2.